The molecule has 0 spiro atoms. The van der Waals surface area contributed by atoms with E-state index in [2.05, 4.69) is 5.32 Å². The maximum atomic E-state index is 11.1. The number of hydrogen-bond acceptors (Lipinski definition) is 5. The molecule has 0 aromatic heterocycles. The molecule has 8 nitrogen and oxygen atoms in total. The lowest BCUT2D eigenvalue weighted by atomic mass is 10.1. The topological polar surface area (TPSA) is 136 Å². The molecule has 9 heteroatoms. The maximum absolute atomic E-state index is 11.1. The highest BCUT2D eigenvalue weighted by Crippen LogP contribution is 2.32. The fourth-order valence-corrected chi connectivity index (χ4v) is 1.88. The minimum atomic E-state index is -1.37. The number of nitrogens with one attached hydrogen (secondary N) is 1. The van der Waals surface area contributed by atoms with Crippen LogP contribution in [0.2, 0.25) is 5.02 Å². The summed E-state index contributed by atoms with van der Waals surface area (Å²) in [5.74, 6) is -1.94. The molecule has 1 aromatic carbocycles. The molecular formula is C11H12ClN3O5. The van der Waals surface area contributed by atoms with E-state index in [1.165, 1.54) is 0 Å². The van der Waals surface area contributed by atoms with E-state index in [9.17, 15) is 19.7 Å². The number of carbonyl (C=O) groups is 2. The average molecular weight is 302 g/mol. The smallest absolute Gasteiger partial charge is 0.338 e. The SMILES string of the molecule is CC(CC(N)=O)Nc1c(Cl)cc([N+](=O)[O-])cc1C(=O)O. The van der Waals surface area contributed by atoms with E-state index in [0.29, 0.717) is 0 Å². The Hall–Kier alpha value is -2.35. The Morgan fingerprint density at radius 3 is 2.60 bits per heavy atom. The molecule has 0 fully saturated rings. The molecule has 0 aliphatic rings. The quantitative estimate of drug-likeness (QED) is 0.539. The summed E-state index contributed by atoms with van der Waals surface area (Å²) in [4.78, 5) is 31.9. The zero-order valence-corrected chi connectivity index (χ0v) is 11.2. The summed E-state index contributed by atoms with van der Waals surface area (Å²) in [6.07, 6.45) is -0.0353. The predicted molar refractivity (Wildman–Crippen MR) is 72.0 cm³/mol. The van der Waals surface area contributed by atoms with Gasteiger partial charge < -0.3 is 16.2 Å². The number of benzene rings is 1. The first kappa shape index (κ1) is 15.7. The number of primary amides is 1. The fraction of sp³-hybridized carbons (Fsp3) is 0.273. The molecule has 1 amide bonds. The number of carboxylic acid groups (broad SMARTS) is 1. The molecule has 1 unspecified atom stereocenters. The van der Waals surface area contributed by atoms with Crippen LogP contribution in [0.15, 0.2) is 12.1 Å². The molecule has 4 N–H and O–H groups in total. The van der Waals surface area contributed by atoms with E-state index in [4.69, 9.17) is 22.4 Å². The van der Waals surface area contributed by atoms with Gasteiger partial charge in [-0.2, -0.15) is 0 Å². The van der Waals surface area contributed by atoms with Crippen molar-refractivity contribution < 1.29 is 19.6 Å². The molecule has 108 valence electrons. The largest absolute Gasteiger partial charge is 0.478 e. The lowest BCUT2D eigenvalue weighted by Gasteiger charge is -2.16. The molecule has 1 aromatic rings. The molecule has 1 atom stereocenters. The highest BCUT2D eigenvalue weighted by Gasteiger charge is 2.21. The third-order valence-corrected chi connectivity index (χ3v) is 2.71. The van der Waals surface area contributed by atoms with E-state index >= 15 is 0 Å². The van der Waals surface area contributed by atoms with Crippen LogP contribution in [0, 0.1) is 10.1 Å². The number of nitro groups is 1. The number of nitrogens with zero attached hydrogens (tertiary/aromatic N) is 1. The van der Waals surface area contributed by atoms with Crippen molar-refractivity contribution in [1.82, 2.24) is 0 Å². The molecule has 0 saturated heterocycles. The van der Waals surface area contributed by atoms with Crippen molar-refractivity contribution in [2.45, 2.75) is 19.4 Å². The van der Waals surface area contributed by atoms with E-state index in [-0.39, 0.29) is 22.7 Å². The van der Waals surface area contributed by atoms with E-state index < -0.39 is 28.5 Å². The number of aromatic carboxylic acids is 1. The zero-order chi connectivity index (χ0) is 15.4. The Morgan fingerprint density at radius 2 is 2.15 bits per heavy atom. The second kappa shape index (κ2) is 6.20. The molecule has 0 radical (unpaired) electrons. The summed E-state index contributed by atoms with van der Waals surface area (Å²) in [5.41, 5.74) is 4.26. The van der Waals surface area contributed by atoms with Crippen molar-refractivity contribution in [1.29, 1.82) is 0 Å². The lowest BCUT2D eigenvalue weighted by Crippen LogP contribution is -2.25. The molecular weight excluding hydrogens is 290 g/mol. The summed E-state index contributed by atoms with van der Waals surface area (Å²) in [7, 11) is 0. The second-order valence-corrected chi connectivity index (χ2v) is 4.54. The predicted octanol–water partition coefficient (Wildman–Crippen LogP) is 1.62. The van der Waals surface area contributed by atoms with E-state index in [1.54, 1.807) is 6.92 Å². The second-order valence-electron chi connectivity index (χ2n) is 4.13. The number of amides is 1. The number of carboxylic acids is 1. The van der Waals surface area contributed by atoms with Crippen LogP contribution in [0.25, 0.3) is 0 Å². The highest BCUT2D eigenvalue weighted by atomic mass is 35.5. The lowest BCUT2D eigenvalue weighted by molar-refractivity contribution is -0.384. The van der Waals surface area contributed by atoms with Gasteiger partial charge in [0, 0.05) is 24.6 Å². The molecule has 0 saturated carbocycles. The Kier molecular flexibility index (Phi) is 4.87. The molecule has 0 aliphatic heterocycles. The normalized spacial score (nSPS) is 11.7. The van der Waals surface area contributed by atoms with Crippen LogP contribution >= 0.6 is 11.6 Å². The molecule has 0 bridgehead atoms. The Labute approximate surface area is 118 Å². The van der Waals surface area contributed by atoms with Crippen LogP contribution in [0.4, 0.5) is 11.4 Å². The number of hydrogen-bond donors (Lipinski definition) is 3. The number of halogens is 1. The molecule has 0 aliphatic carbocycles. The standard InChI is InChI=1S/C11H12ClN3O5/c1-5(2-9(13)16)14-10-7(11(17)18)3-6(15(19)20)4-8(10)12/h3-5,14H,2H2,1H3,(H2,13,16)(H,17,18). The molecule has 0 heterocycles. The number of non-ortho nitro benzene ring substituents is 1. The van der Waals surface area contributed by atoms with E-state index in [1.807, 2.05) is 0 Å². The Morgan fingerprint density at radius 1 is 1.55 bits per heavy atom. The Balaban J connectivity index is 3.21. The van der Waals surface area contributed by atoms with Gasteiger partial charge >= 0.3 is 5.97 Å². The van der Waals surface area contributed by atoms with Crippen LogP contribution in [0.3, 0.4) is 0 Å². The first-order valence-electron chi connectivity index (χ1n) is 5.48. The number of rotatable bonds is 6. The minimum absolute atomic E-state index is 0.0125. The summed E-state index contributed by atoms with van der Waals surface area (Å²) < 4.78 is 0. The van der Waals surface area contributed by atoms with Gasteiger partial charge in [0.1, 0.15) is 0 Å². The molecule has 1 rings (SSSR count). The van der Waals surface area contributed by atoms with Crippen molar-refractivity contribution >= 4 is 34.9 Å². The van der Waals surface area contributed by atoms with Gasteiger partial charge in [-0.1, -0.05) is 11.6 Å². The van der Waals surface area contributed by atoms with Gasteiger partial charge in [-0.3, -0.25) is 14.9 Å². The molecule has 20 heavy (non-hydrogen) atoms. The number of nitrogens with two attached hydrogens (primary N) is 1. The van der Waals surface area contributed by atoms with Gasteiger partial charge in [0.05, 0.1) is 21.2 Å². The number of carbonyl (C=O) groups excluding carboxylic acids is 1. The fourth-order valence-electron chi connectivity index (χ4n) is 1.61. The van der Waals surface area contributed by atoms with Crippen molar-refractivity contribution in [2.24, 2.45) is 5.73 Å². The van der Waals surface area contributed by atoms with Crippen molar-refractivity contribution in [3.8, 4) is 0 Å². The maximum Gasteiger partial charge on any atom is 0.338 e. The van der Waals surface area contributed by atoms with Gasteiger partial charge in [0.25, 0.3) is 5.69 Å². The first-order chi connectivity index (χ1) is 9.22. The van der Waals surface area contributed by atoms with Gasteiger partial charge in [0.2, 0.25) is 5.91 Å². The third-order valence-electron chi connectivity index (χ3n) is 2.41. The average Bonchev–Trinajstić information content (AvgIpc) is 2.29. The number of nitro benzene ring substituents is 1. The zero-order valence-electron chi connectivity index (χ0n) is 10.4. The van der Waals surface area contributed by atoms with Crippen LogP contribution in [-0.2, 0) is 4.79 Å². The van der Waals surface area contributed by atoms with Crippen LogP contribution in [0.1, 0.15) is 23.7 Å². The summed E-state index contributed by atoms with van der Waals surface area (Å²) >= 11 is 5.86. The summed E-state index contributed by atoms with van der Waals surface area (Å²) in [6.45, 7) is 1.61. The van der Waals surface area contributed by atoms with Gasteiger partial charge in [0.15, 0.2) is 0 Å². The van der Waals surface area contributed by atoms with E-state index in [0.717, 1.165) is 12.1 Å². The van der Waals surface area contributed by atoms with Crippen LogP contribution in [-0.4, -0.2) is 27.9 Å². The summed E-state index contributed by atoms with van der Waals surface area (Å²) in [5, 5.41) is 22.4. The third kappa shape index (κ3) is 3.82. The monoisotopic (exact) mass is 301 g/mol. The van der Waals surface area contributed by atoms with Gasteiger partial charge in [-0.15, -0.1) is 0 Å². The van der Waals surface area contributed by atoms with Crippen LogP contribution < -0.4 is 11.1 Å². The highest BCUT2D eigenvalue weighted by molar-refractivity contribution is 6.34. The summed E-state index contributed by atoms with van der Waals surface area (Å²) in [6, 6.07) is 1.46. The van der Waals surface area contributed by atoms with Crippen molar-refractivity contribution in [3.05, 3.63) is 32.8 Å². The Bertz CT molecular complexity index is 575. The van der Waals surface area contributed by atoms with Crippen LogP contribution in [0.5, 0.6) is 0 Å². The first-order valence-corrected chi connectivity index (χ1v) is 5.86. The minimum Gasteiger partial charge on any atom is -0.478 e. The van der Waals surface area contributed by atoms with Gasteiger partial charge in [-0.05, 0) is 6.92 Å². The van der Waals surface area contributed by atoms with Crippen molar-refractivity contribution in [2.75, 3.05) is 5.32 Å². The van der Waals surface area contributed by atoms with Crippen molar-refractivity contribution in [3.63, 3.8) is 0 Å². The number of anilines is 1. The van der Waals surface area contributed by atoms with Gasteiger partial charge in [-0.25, -0.2) is 4.79 Å².